The third-order valence-electron chi connectivity index (χ3n) is 3.69. The molecule has 2 rings (SSSR count). The quantitative estimate of drug-likeness (QED) is 0.700. The maximum absolute atomic E-state index is 11.3. The van der Waals surface area contributed by atoms with Gasteiger partial charge in [-0.3, -0.25) is 9.59 Å². The van der Waals surface area contributed by atoms with E-state index in [1.165, 1.54) is 19.3 Å². The number of carbonyl (C=O) groups excluding carboxylic acids is 2. The normalized spacial score (nSPS) is 32.9. The number of ether oxygens (including phenoxy) is 1. The summed E-state index contributed by atoms with van der Waals surface area (Å²) in [6, 6.07) is 0. The van der Waals surface area contributed by atoms with Crippen LogP contribution in [0.4, 0.5) is 0 Å². The largest absolute Gasteiger partial charge is 0.456 e. The van der Waals surface area contributed by atoms with Crippen molar-refractivity contribution in [2.24, 2.45) is 23.5 Å². The second-order valence-electron chi connectivity index (χ2n) is 4.77. The molecule has 2 saturated carbocycles. The Morgan fingerprint density at radius 3 is 2.60 bits per heavy atom. The van der Waals surface area contributed by atoms with Crippen LogP contribution in [0.5, 0.6) is 0 Å². The first kappa shape index (κ1) is 10.5. The number of nitrogens with two attached hydrogens (primary N) is 1. The minimum absolute atomic E-state index is 0.272. The van der Waals surface area contributed by atoms with Gasteiger partial charge in [-0.25, -0.2) is 0 Å². The van der Waals surface area contributed by atoms with Gasteiger partial charge in [-0.1, -0.05) is 6.42 Å². The molecular formula is C11H17NO3. The van der Waals surface area contributed by atoms with Gasteiger partial charge in [0.1, 0.15) is 0 Å². The minimum Gasteiger partial charge on any atom is -0.456 e. The van der Waals surface area contributed by atoms with Gasteiger partial charge in [0.25, 0.3) is 5.91 Å². The predicted molar refractivity (Wildman–Crippen MR) is 53.7 cm³/mol. The molecule has 3 atom stereocenters. The van der Waals surface area contributed by atoms with Gasteiger partial charge in [0, 0.05) is 6.42 Å². The minimum atomic E-state index is -0.587. The monoisotopic (exact) mass is 211 g/mol. The van der Waals surface area contributed by atoms with Gasteiger partial charge in [0.2, 0.25) is 0 Å². The molecule has 2 aliphatic rings. The SMILES string of the molecule is NC(=O)COC(=O)C[C@@H]1C[C@H]2CC[C@H]1C2. The molecule has 2 N–H and O–H groups in total. The van der Waals surface area contributed by atoms with Crippen LogP contribution in [-0.4, -0.2) is 18.5 Å². The maximum Gasteiger partial charge on any atom is 0.306 e. The van der Waals surface area contributed by atoms with Gasteiger partial charge in [-0.15, -0.1) is 0 Å². The second-order valence-corrected chi connectivity index (χ2v) is 4.77. The summed E-state index contributed by atoms with van der Waals surface area (Å²) in [6.07, 6.45) is 5.51. The molecule has 84 valence electrons. The Morgan fingerprint density at radius 2 is 2.07 bits per heavy atom. The summed E-state index contributed by atoms with van der Waals surface area (Å²) in [4.78, 5) is 21.8. The van der Waals surface area contributed by atoms with Crippen molar-refractivity contribution in [2.75, 3.05) is 6.61 Å². The molecule has 4 heteroatoms. The van der Waals surface area contributed by atoms with Gasteiger partial charge >= 0.3 is 5.97 Å². The number of primary amides is 1. The molecule has 1 amide bonds. The molecule has 15 heavy (non-hydrogen) atoms. The van der Waals surface area contributed by atoms with E-state index in [4.69, 9.17) is 10.5 Å². The standard InChI is InChI=1S/C11H17NO3/c12-10(13)6-15-11(14)5-9-4-7-1-2-8(9)3-7/h7-9H,1-6H2,(H2,12,13)/t7-,8-,9-/m0/s1. The van der Waals surface area contributed by atoms with E-state index in [9.17, 15) is 9.59 Å². The highest BCUT2D eigenvalue weighted by Gasteiger charge is 2.40. The summed E-state index contributed by atoms with van der Waals surface area (Å²) >= 11 is 0. The zero-order valence-electron chi connectivity index (χ0n) is 8.78. The molecule has 0 aliphatic heterocycles. The molecule has 0 heterocycles. The summed E-state index contributed by atoms with van der Waals surface area (Å²) in [7, 11) is 0. The third-order valence-corrected chi connectivity index (χ3v) is 3.69. The molecule has 0 radical (unpaired) electrons. The van der Waals surface area contributed by atoms with E-state index in [0.717, 1.165) is 18.3 Å². The van der Waals surface area contributed by atoms with Crippen molar-refractivity contribution in [1.82, 2.24) is 0 Å². The number of esters is 1. The summed E-state index contributed by atoms with van der Waals surface area (Å²) in [5.74, 6) is 1.19. The number of hydrogen-bond donors (Lipinski definition) is 1. The Balaban J connectivity index is 1.73. The molecule has 0 aromatic rings. The lowest BCUT2D eigenvalue weighted by molar-refractivity contribution is -0.149. The molecule has 2 fully saturated rings. The number of rotatable bonds is 4. The van der Waals surface area contributed by atoms with Crippen molar-refractivity contribution in [2.45, 2.75) is 32.1 Å². The van der Waals surface area contributed by atoms with Crippen molar-refractivity contribution >= 4 is 11.9 Å². The summed E-state index contributed by atoms with van der Waals surface area (Å²) in [6.45, 7) is -0.278. The van der Waals surface area contributed by atoms with Crippen LogP contribution in [0.25, 0.3) is 0 Å². The van der Waals surface area contributed by atoms with Gasteiger partial charge < -0.3 is 10.5 Å². The van der Waals surface area contributed by atoms with E-state index in [2.05, 4.69) is 0 Å². The second kappa shape index (κ2) is 4.21. The van der Waals surface area contributed by atoms with E-state index < -0.39 is 5.91 Å². The Morgan fingerprint density at radius 1 is 1.27 bits per heavy atom. The van der Waals surface area contributed by atoms with Gasteiger partial charge in [0.05, 0.1) is 0 Å². The molecule has 2 bridgehead atoms. The Labute approximate surface area is 89.2 Å². The zero-order chi connectivity index (χ0) is 10.8. The van der Waals surface area contributed by atoms with Crippen LogP contribution in [0.3, 0.4) is 0 Å². The summed E-state index contributed by atoms with van der Waals surface area (Å²) in [5.41, 5.74) is 4.89. The molecule has 2 aliphatic carbocycles. The van der Waals surface area contributed by atoms with Gasteiger partial charge in [-0.2, -0.15) is 0 Å². The first-order valence-corrected chi connectivity index (χ1v) is 5.59. The highest BCUT2D eigenvalue weighted by atomic mass is 16.5. The van der Waals surface area contributed by atoms with E-state index >= 15 is 0 Å². The van der Waals surface area contributed by atoms with Gasteiger partial charge in [0.15, 0.2) is 6.61 Å². The van der Waals surface area contributed by atoms with Crippen molar-refractivity contribution in [3.05, 3.63) is 0 Å². The Hall–Kier alpha value is -1.06. The van der Waals surface area contributed by atoms with E-state index in [-0.39, 0.29) is 12.6 Å². The third kappa shape index (κ3) is 2.49. The molecule has 4 nitrogen and oxygen atoms in total. The fraction of sp³-hybridized carbons (Fsp3) is 0.818. The topological polar surface area (TPSA) is 69.4 Å². The Kier molecular flexibility index (Phi) is 2.93. The van der Waals surface area contributed by atoms with Crippen LogP contribution in [-0.2, 0) is 14.3 Å². The first-order chi connectivity index (χ1) is 7.15. The first-order valence-electron chi connectivity index (χ1n) is 5.59. The van der Waals surface area contributed by atoms with Gasteiger partial charge in [-0.05, 0) is 37.0 Å². The highest BCUT2D eigenvalue weighted by molar-refractivity contribution is 5.79. The van der Waals surface area contributed by atoms with Crippen molar-refractivity contribution < 1.29 is 14.3 Å². The van der Waals surface area contributed by atoms with Crippen molar-refractivity contribution in [3.63, 3.8) is 0 Å². The van der Waals surface area contributed by atoms with E-state index in [1.54, 1.807) is 0 Å². The molecule has 0 aromatic heterocycles. The van der Waals surface area contributed by atoms with Crippen LogP contribution < -0.4 is 5.73 Å². The molecule has 0 saturated heterocycles. The zero-order valence-corrected chi connectivity index (χ0v) is 8.78. The van der Waals surface area contributed by atoms with Crippen LogP contribution in [0.2, 0.25) is 0 Å². The van der Waals surface area contributed by atoms with Crippen LogP contribution in [0.15, 0.2) is 0 Å². The van der Waals surface area contributed by atoms with E-state index in [1.807, 2.05) is 0 Å². The lowest BCUT2D eigenvalue weighted by atomic mass is 9.86. The lowest BCUT2D eigenvalue weighted by Crippen LogP contribution is -2.23. The predicted octanol–water partition coefficient (Wildman–Crippen LogP) is 0.841. The average Bonchev–Trinajstić information content (AvgIpc) is 2.76. The molecule has 0 unspecified atom stereocenters. The summed E-state index contributed by atoms with van der Waals surface area (Å²) in [5, 5.41) is 0. The highest BCUT2D eigenvalue weighted by Crippen LogP contribution is 2.49. The molecule has 0 aromatic carbocycles. The van der Waals surface area contributed by atoms with Crippen molar-refractivity contribution in [3.8, 4) is 0 Å². The summed E-state index contributed by atoms with van der Waals surface area (Å²) < 4.78 is 4.76. The lowest BCUT2D eigenvalue weighted by Gasteiger charge is -2.20. The molecule has 0 spiro atoms. The number of carbonyl (C=O) groups is 2. The fourth-order valence-corrected chi connectivity index (χ4v) is 3.05. The van der Waals surface area contributed by atoms with Crippen molar-refractivity contribution in [1.29, 1.82) is 0 Å². The smallest absolute Gasteiger partial charge is 0.306 e. The molecular weight excluding hydrogens is 194 g/mol. The van der Waals surface area contributed by atoms with Crippen LogP contribution in [0.1, 0.15) is 32.1 Å². The average molecular weight is 211 g/mol. The maximum atomic E-state index is 11.3. The number of hydrogen-bond acceptors (Lipinski definition) is 3. The van der Waals surface area contributed by atoms with Crippen LogP contribution in [0, 0.1) is 17.8 Å². The number of fused-ring (bicyclic) bond motifs is 2. The van der Waals surface area contributed by atoms with E-state index in [0.29, 0.717) is 12.3 Å². The fourth-order valence-electron chi connectivity index (χ4n) is 3.05. The Bertz CT molecular complexity index is 277. The number of amides is 1. The van der Waals surface area contributed by atoms with Crippen LogP contribution >= 0.6 is 0 Å².